The van der Waals surface area contributed by atoms with Gasteiger partial charge in [0, 0.05) is 41.8 Å². The van der Waals surface area contributed by atoms with Crippen molar-refractivity contribution in [3.63, 3.8) is 0 Å². The zero-order valence-electron chi connectivity index (χ0n) is 20.2. The monoisotopic (exact) mass is 521 g/mol. The number of carbonyl (C=O) groups excluding carboxylic acids is 1. The lowest BCUT2D eigenvalue weighted by Gasteiger charge is -2.16. The van der Waals surface area contributed by atoms with Crippen molar-refractivity contribution in [1.82, 2.24) is 14.5 Å². The van der Waals surface area contributed by atoms with E-state index >= 15 is 0 Å². The standard InChI is InChI=1S/C27H22F3N5O3/c1-16(27(28,29)30)37-26(36)34-20-7-4-18(5-8-20)23-12-19-6-9-21(13-24(19)35(23)15-17-2-3-17)38-25-22(14-31)32-10-11-33-25/h4-13,16-17H,2-3,15H2,1H3,(H,34,36)/t16-/m1/s1. The molecule has 0 radical (unpaired) electrons. The maximum Gasteiger partial charge on any atom is 0.425 e. The van der Waals surface area contributed by atoms with Crippen LogP contribution in [0, 0.1) is 17.2 Å². The molecule has 1 N–H and O–H groups in total. The summed E-state index contributed by atoms with van der Waals surface area (Å²) in [5.41, 5.74) is 3.16. The molecule has 4 aromatic rings. The lowest BCUT2D eigenvalue weighted by atomic mass is 10.1. The Bertz CT molecular complexity index is 1520. The molecule has 2 heterocycles. The number of nitriles is 1. The first kappa shape index (κ1) is 25.1. The van der Waals surface area contributed by atoms with E-state index in [0.29, 0.717) is 17.4 Å². The number of hydrogen-bond donors (Lipinski definition) is 1. The number of carbonyl (C=O) groups is 1. The van der Waals surface area contributed by atoms with E-state index in [2.05, 4.69) is 24.6 Å². The van der Waals surface area contributed by atoms with Gasteiger partial charge in [-0.25, -0.2) is 14.8 Å². The number of alkyl halides is 3. The van der Waals surface area contributed by atoms with E-state index in [1.54, 1.807) is 30.3 Å². The van der Waals surface area contributed by atoms with Gasteiger partial charge in [-0.3, -0.25) is 5.32 Å². The zero-order chi connectivity index (χ0) is 26.9. The molecule has 38 heavy (non-hydrogen) atoms. The van der Waals surface area contributed by atoms with Gasteiger partial charge in [-0.1, -0.05) is 12.1 Å². The van der Waals surface area contributed by atoms with Crippen LogP contribution in [-0.4, -0.2) is 32.9 Å². The topological polar surface area (TPSA) is 102 Å². The molecule has 0 spiro atoms. The van der Waals surface area contributed by atoms with Crippen LogP contribution < -0.4 is 10.1 Å². The second-order valence-electron chi connectivity index (χ2n) is 9.02. The second kappa shape index (κ2) is 10.0. The largest absolute Gasteiger partial charge is 0.437 e. The van der Waals surface area contributed by atoms with E-state index in [4.69, 9.17) is 4.74 Å². The molecule has 0 saturated heterocycles. The van der Waals surface area contributed by atoms with Crippen molar-refractivity contribution >= 4 is 22.7 Å². The molecule has 1 fully saturated rings. The molecular formula is C27H22F3N5O3. The number of hydrogen-bond acceptors (Lipinski definition) is 6. The first-order valence-electron chi connectivity index (χ1n) is 11.9. The minimum atomic E-state index is -4.63. The van der Waals surface area contributed by atoms with Crippen LogP contribution in [0.1, 0.15) is 25.5 Å². The smallest absolute Gasteiger partial charge is 0.425 e. The quantitative estimate of drug-likeness (QED) is 0.291. The van der Waals surface area contributed by atoms with Crippen molar-refractivity contribution in [2.45, 2.75) is 38.6 Å². The van der Waals surface area contributed by atoms with E-state index in [0.717, 1.165) is 48.5 Å². The average Bonchev–Trinajstić information content (AvgIpc) is 3.64. The molecule has 194 valence electrons. The Morgan fingerprint density at radius 3 is 2.58 bits per heavy atom. The average molecular weight is 521 g/mol. The summed E-state index contributed by atoms with van der Waals surface area (Å²) in [7, 11) is 0. The summed E-state index contributed by atoms with van der Waals surface area (Å²) in [5.74, 6) is 1.20. The number of amides is 1. The zero-order valence-corrected chi connectivity index (χ0v) is 20.2. The molecule has 2 aromatic carbocycles. The van der Waals surface area contributed by atoms with Crippen molar-refractivity contribution in [3.8, 4) is 29.0 Å². The number of aromatic nitrogens is 3. The second-order valence-corrected chi connectivity index (χ2v) is 9.02. The van der Waals surface area contributed by atoms with Gasteiger partial charge in [0.1, 0.15) is 11.8 Å². The van der Waals surface area contributed by atoms with Gasteiger partial charge in [0.15, 0.2) is 6.10 Å². The van der Waals surface area contributed by atoms with Gasteiger partial charge in [-0.05, 0) is 61.6 Å². The Labute approximate surface area is 215 Å². The molecule has 5 rings (SSSR count). The van der Waals surface area contributed by atoms with Gasteiger partial charge >= 0.3 is 12.3 Å². The Morgan fingerprint density at radius 2 is 1.89 bits per heavy atom. The van der Waals surface area contributed by atoms with Gasteiger partial charge in [-0.2, -0.15) is 18.4 Å². The van der Waals surface area contributed by atoms with Gasteiger partial charge in [0.05, 0.1) is 5.52 Å². The van der Waals surface area contributed by atoms with E-state index in [1.807, 2.05) is 24.3 Å². The predicted octanol–water partition coefficient (Wildman–Crippen LogP) is 6.67. The summed E-state index contributed by atoms with van der Waals surface area (Å²) in [5, 5.41) is 12.6. The van der Waals surface area contributed by atoms with Crippen LogP contribution in [0.5, 0.6) is 11.6 Å². The lowest BCUT2D eigenvalue weighted by Crippen LogP contribution is -2.32. The van der Waals surface area contributed by atoms with Crippen LogP contribution >= 0.6 is 0 Å². The normalized spacial score (nSPS) is 14.1. The number of ether oxygens (including phenoxy) is 2. The molecule has 8 nitrogen and oxygen atoms in total. The summed E-state index contributed by atoms with van der Waals surface area (Å²) in [6.07, 6.45) is -2.86. The Balaban J connectivity index is 1.41. The molecule has 11 heteroatoms. The molecule has 0 bridgehead atoms. The molecule has 1 amide bonds. The van der Waals surface area contributed by atoms with Crippen molar-refractivity contribution in [2.24, 2.45) is 5.92 Å². The molecule has 1 saturated carbocycles. The van der Waals surface area contributed by atoms with Crippen LogP contribution in [0.15, 0.2) is 60.9 Å². The number of benzene rings is 2. The summed E-state index contributed by atoms with van der Waals surface area (Å²) >= 11 is 0. The Kier molecular flexibility index (Phi) is 6.63. The lowest BCUT2D eigenvalue weighted by molar-refractivity contribution is -0.196. The highest BCUT2D eigenvalue weighted by Gasteiger charge is 2.39. The summed E-state index contributed by atoms with van der Waals surface area (Å²) in [4.78, 5) is 19.9. The number of anilines is 1. The first-order valence-corrected chi connectivity index (χ1v) is 11.9. The number of rotatable bonds is 7. The van der Waals surface area contributed by atoms with Crippen LogP contribution in [-0.2, 0) is 11.3 Å². The molecule has 2 aromatic heterocycles. The predicted molar refractivity (Wildman–Crippen MR) is 133 cm³/mol. The van der Waals surface area contributed by atoms with E-state index in [9.17, 15) is 23.2 Å². The number of halogens is 3. The third kappa shape index (κ3) is 5.54. The summed E-state index contributed by atoms with van der Waals surface area (Å²) in [6.45, 7) is 1.58. The minimum Gasteiger partial charge on any atom is -0.437 e. The fourth-order valence-electron chi connectivity index (χ4n) is 3.98. The minimum absolute atomic E-state index is 0.0899. The Hall–Kier alpha value is -4.59. The highest BCUT2D eigenvalue weighted by Crippen LogP contribution is 2.37. The van der Waals surface area contributed by atoms with Crippen molar-refractivity contribution < 1.29 is 27.4 Å². The summed E-state index contributed by atoms with van der Waals surface area (Å²) < 4.78 is 50.4. The van der Waals surface area contributed by atoms with Crippen molar-refractivity contribution in [2.75, 3.05) is 5.32 Å². The highest BCUT2D eigenvalue weighted by molar-refractivity contribution is 5.89. The van der Waals surface area contributed by atoms with E-state index in [-0.39, 0.29) is 11.6 Å². The SMILES string of the molecule is C[C@@H](OC(=O)Nc1ccc(-c2cc3ccc(Oc4nccnc4C#N)cc3n2CC2CC2)cc1)C(F)(F)F. The van der Waals surface area contributed by atoms with Gasteiger partial charge in [-0.15, -0.1) is 0 Å². The summed E-state index contributed by atoms with van der Waals surface area (Å²) in [6, 6.07) is 16.4. The van der Waals surface area contributed by atoms with Crippen LogP contribution in [0.4, 0.5) is 23.7 Å². The maximum atomic E-state index is 12.6. The molecule has 0 aliphatic heterocycles. The molecule has 1 atom stereocenters. The van der Waals surface area contributed by atoms with E-state index in [1.165, 1.54) is 12.4 Å². The molecule has 1 aliphatic carbocycles. The fraction of sp³-hybridized carbons (Fsp3) is 0.259. The number of nitrogens with zero attached hydrogens (tertiary/aromatic N) is 4. The molecule has 0 unspecified atom stereocenters. The van der Waals surface area contributed by atoms with Crippen LogP contribution in [0.25, 0.3) is 22.2 Å². The van der Waals surface area contributed by atoms with Crippen molar-refractivity contribution in [3.05, 3.63) is 66.6 Å². The van der Waals surface area contributed by atoms with Gasteiger partial charge < -0.3 is 14.0 Å². The van der Waals surface area contributed by atoms with Crippen molar-refractivity contribution in [1.29, 1.82) is 5.26 Å². The van der Waals surface area contributed by atoms with E-state index < -0.39 is 18.4 Å². The molecular weight excluding hydrogens is 499 g/mol. The number of nitrogens with one attached hydrogen (secondary N) is 1. The van der Waals surface area contributed by atoms with Gasteiger partial charge in [0.25, 0.3) is 5.88 Å². The first-order chi connectivity index (χ1) is 18.2. The fourth-order valence-corrected chi connectivity index (χ4v) is 3.98. The third-order valence-corrected chi connectivity index (χ3v) is 6.17. The van der Waals surface area contributed by atoms with Crippen LogP contribution in [0.3, 0.4) is 0 Å². The maximum absolute atomic E-state index is 12.6. The van der Waals surface area contributed by atoms with Crippen LogP contribution in [0.2, 0.25) is 0 Å². The third-order valence-electron chi connectivity index (χ3n) is 6.17. The highest BCUT2D eigenvalue weighted by atomic mass is 19.4. The van der Waals surface area contributed by atoms with Gasteiger partial charge in [0.2, 0.25) is 5.69 Å². The Morgan fingerprint density at radius 1 is 1.16 bits per heavy atom. The number of fused-ring (bicyclic) bond motifs is 1. The molecule has 1 aliphatic rings.